The predicted octanol–water partition coefficient (Wildman–Crippen LogP) is 2.86. The van der Waals surface area contributed by atoms with Gasteiger partial charge in [0, 0.05) is 5.69 Å². The summed E-state index contributed by atoms with van der Waals surface area (Å²) in [5, 5.41) is 2.90. The van der Waals surface area contributed by atoms with E-state index in [1.165, 1.54) is 19.2 Å². The molecule has 0 heterocycles. The highest BCUT2D eigenvalue weighted by Crippen LogP contribution is 2.22. The molecule has 1 aromatic rings. The molecule has 0 spiro atoms. The first kappa shape index (κ1) is 19.7. The third-order valence-corrected chi connectivity index (χ3v) is 3.51. The van der Waals surface area contributed by atoms with Gasteiger partial charge in [0.1, 0.15) is 0 Å². The third kappa shape index (κ3) is 5.19. The van der Waals surface area contributed by atoms with Crippen LogP contribution in [0.4, 0.5) is 5.69 Å². The number of ether oxygens (including phenoxy) is 1. The number of hydrogen-bond donors (Lipinski definition) is 2. The molecular formula is C14H20Cl2N2O3. The van der Waals surface area contributed by atoms with Gasteiger partial charge in [-0.25, -0.2) is 4.79 Å². The summed E-state index contributed by atoms with van der Waals surface area (Å²) < 4.78 is 4.59. The average Bonchev–Trinajstić information content (AvgIpc) is 2.44. The lowest BCUT2D eigenvalue weighted by Gasteiger charge is -2.18. The molecule has 5 nitrogen and oxygen atoms in total. The molecule has 2 atom stereocenters. The molecule has 0 aliphatic rings. The van der Waals surface area contributed by atoms with E-state index in [1.54, 1.807) is 6.07 Å². The number of benzene rings is 1. The Balaban J connectivity index is 0.00000400. The van der Waals surface area contributed by atoms with Crippen LogP contribution in [0.25, 0.3) is 0 Å². The molecule has 0 aliphatic heterocycles. The summed E-state index contributed by atoms with van der Waals surface area (Å²) in [6.45, 7) is 3.89. The van der Waals surface area contributed by atoms with Gasteiger partial charge in [-0.15, -0.1) is 12.4 Å². The minimum atomic E-state index is -0.584. The molecule has 21 heavy (non-hydrogen) atoms. The van der Waals surface area contributed by atoms with Crippen molar-refractivity contribution in [2.45, 2.75) is 26.3 Å². The van der Waals surface area contributed by atoms with Crippen molar-refractivity contribution in [2.24, 2.45) is 11.7 Å². The molecule has 0 aliphatic carbocycles. The van der Waals surface area contributed by atoms with Crippen molar-refractivity contribution in [3.05, 3.63) is 28.8 Å². The number of carbonyl (C=O) groups excluding carboxylic acids is 2. The van der Waals surface area contributed by atoms with Gasteiger partial charge >= 0.3 is 5.97 Å². The molecule has 0 bridgehead atoms. The highest BCUT2D eigenvalue weighted by atomic mass is 35.5. The van der Waals surface area contributed by atoms with Crippen molar-refractivity contribution in [3.8, 4) is 0 Å². The number of methoxy groups -OCH3 is 1. The predicted molar refractivity (Wildman–Crippen MR) is 86.1 cm³/mol. The number of amides is 1. The Hall–Kier alpha value is -1.30. The summed E-state index contributed by atoms with van der Waals surface area (Å²) in [5.41, 5.74) is 6.58. The maximum absolute atomic E-state index is 11.9. The van der Waals surface area contributed by atoms with E-state index in [0.717, 1.165) is 6.42 Å². The fourth-order valence-electron chi connectivity index (χ4n) is 1.61. The second-order valence-corrected chi connectivity index (χ2v) is 4.99. The monoisotopic (exact) mass is 334 g/mol. The molecule has 1 amide bonds. The van der Waals surface area contributed by atoms with E-state index >= 15 is 0 Å². The Morgan fingerprint density at radius 3 is 2.52 bits per heavy atom. The zero-order valence-corrected chi connectivity index (χ0v) is 13.8. The maximum Gasteiger partial charge on any atom is 0.339 e. The van der Waals surface area contributed by atoms with Crippen LogP contribution in [0.2, 0.25) is 5.02 Å². The molecule has 0 radical (unpaired) electrons. The van der Waals surface area contributed by atoms with Gasteiger partial charge in [0.2, 0.25) is 5.91 Å². The van der Waals surface area contributed by atoms with Gasteiger partial charge < -0.3 is 15.8 Å². The standard InChI is InChI=1S/C14H19ClN2O3.ClH/c1-4-8(2)12(16)13(18)17-9-5-6-10(11(15)7-9)14(19)20-3;/h5-8,12H,4,16H2,1-3H3,(H,17,18);1H. The topological polar surface area (TPSA) is 81.4 Å². The lowest BCUT2D eigenvalue weighted by Crippen LogP contribution is -2.40. The molecule has 1 rings (SSSR count). The zero-order chi connectivity index (χ0) is 15.3. The van der Waals surface area contributed by atoms with Crippen LogP contribution in [0.15, 0.2) is 18.2 Å². The van der Waals surface area contributed by atoms with E-state index in [2.05, 4.69) is 10.1 Å². The highest BCUT2D eigenvalue weighted by Gasteiger charge is 2.20. The highest BCUT2D eigenvalue weighted by molar-refractivity contribution is 6.34. The number of nitrogens with one attached hydrogen (secondary N) is 1. The minimum Gasteiger partial charge on any atom is -0.465 e. The first-order valence-corrected chi connectivity index (χ1v) is 6.72. The number of carbonyl (C=O) groups is 2. The summed E-state index contributed by atoms with van der Waals surface area (Å²) in [6.07, 6.45) is 0.816. The Labute approximate surface area is 135 Å². The van der Waals surface area contributed by atoms with E-state index in [1.807, 2.05) is 13.8 Å². The third-order valence-electron chi connectivity index (χ3n) is 3.20. The van der Waals surface area contributed by atoms with Gasteiger partial charge in [-0.2, -0.15) is 0 Å². The molecule has 1 aromatic carbocycles. The minimum absolute atomic E-state index is 0. The van der Waals surface area contributed by atoms with E-state index in [9.17, 15) is 9.59 Å². The normalized spacial score (nSPS) is 12.8. The van der Waals surface area contributed by atoms with Crippen molar-refractivity contribution >= 4 is 41.6 Å². The largest absolute Gasteiger partial charge is 0.465 e. The van der Waals surface area contributed by atoms with Crippen LogP contribution in [0.3, 0.4) is 0 Å². The van der Waals surface area contributed by atoms with Gasteiger partial charge in [-0.3, -0.25) is 4.79 Å². The van der Waals surface area contributed by atoms with E-state index in [0.29, 0.717) is 5.69 Å². The first-order chi connectivity index (χ1) is 9.40. The number of nitrogens with two attached hydrogens (primary N) is 1. The summed E-state index contributed by atoms with van der Waals surface area (Å²) in [4.78, 5) is 23.3. The Morgan fingerprint density at radius 1 is 1.43 bits per heavy atom. The van der Waals surface area contributed by atoms with Crippen molar-refractivity contribution < 1.29 is 14.3 Å². The maximum atomic E-state index is 11.9. The molecule has 7 heteroatoms. The quantitative estimate of drug-likeness (QED) is 0.811. The number of rotatable bonds is 5. The van der Waals surface area contributed by atoms with Gasteiger partial charge in [0.25, 0.3) is 0 Å². The van der Waals surface area contributed by atoms with Crippen molar-refractivity contribution in [3.63, 3.8) is 0 Å². The van der Waals surface area contributed by atoms with Crippen molar-refractivity contribution in [1.29, 1.82) is 0 Å². The van der Waals surface area contributed by atoms with E-state index in [4.69, 9.17) is 17.3 Å². The number of anilines is 1. The number of esters is 1. The van der Waals surface area contributed by atoms with Crippen LogP contribution < -0.4 is 11.1 Å². The van der Waals surface area contributed by atoms with Crippen molar-refractivity contribution in [1.82, 2.24) is 0 Å². The summed E-state index contributed by atoms with van der Waals surface area (Å²) >= 11 is 5.97. The van der Waals surface area contributed by atoms with Crippen LogP contribution in [0.1, 0.15) is 30.6 Å². The summed E-state index contributed by atoms with van der Waals surface area (Å²) in [5.74, 6) is -0.717. The smallest absolute Gasteiger partial charge is 0.339 e. The molecule has 2 unspecified atom stereocenters. The second kappa shape index (κ2) is 8.87. The molecule has 3 N–H and O–H groups in total. The molecule has 0 fully saturated rings. The van der Waals surface area contributed by atoms with Gasteiger partial charge in [-0.1, -0.05) is 31.9 Å². The van der Waals surface area contributed by atoms with E-state index in [-0.39, 0.29) is 34.8 Å². The molecule has 0 saturated carbocycles. The Bertz CT molecular complexity index is 509. The zero-order valence-electron chi connectivity index (χ0n) is 12.2. The first-order valence-electron chi connectivity index (χ1n) is 6.35. The number of hydrogen-bond acceptors (Lipinski definition) is 4. The Kier molecular flexibility index (Phi) is 8.32. The van der Waals surface area contributed by atoms with Gasteiger partial charge in [0.05, 0.1) is 23.7 Å². The van der Waals surface area contributed by atoms with Crippen LogP contribution in [0.5, 0.6) is 0 Å². The fourth-order valence-corrected chi connectivity index (χ4v) is 1.86. The van der Waals surface area contributed by atoms with Gasteiger partial charge in [-0.05, 0) is 24.1 Å². The average molecular weight is 335 g/mol. The summed E-state index contributed by atoms with van der Waals surface area (Å²) in [7, 11) is 1.28. The van der Waals surface area contributed by atoms with Crippen LogP contribution in [-0.4, -0.2) is 25.0 Å². The molecule has 0 aromatic heterocycles. The van der Waals surface area contributed by atoms with Crippen molar-refractivity contribution in [2.75, 3.05) is 12.4 Å². The summed E-state index contributed by atoms with van der Waals surface area (Å²) in [6, 6.07) is 3.99. The van der Waals surface area contributed by atoms with E-state index < -0.39 is 12.0 Å². The Morgan fingerprint density at radius 2 is 2.05 bits per heavy atom. The lowest BCUT2D eigenvalue weighted by molar-refractivity contribution is -0.118. The molecule has 118 valence electrons. The number of halogens is 2. The lowest BCUT2D eigenvalue weighted by atomic mass is 9.99. The molecule has 0 saturated heterocycles. The van der Waals surface area contributed by atoms with Crippen LogP contribution in [-0.2, 0) is 9.53 Å². The molecular weight excluding hydrogens is 315 g/mol. The fraction of sp³-hybridized carbons (Fsp3) is 0.429. The second-order valence-electron chi connectivity index (χ2n) is 4.59. The van der Waals surface area contributed by atoms with Crippen LogP contribution in [0, 0.1) is 5.92 Å². The van der Waals surface area contributed by atoms with Gasteiger partial charge in [0.15, 0.2) is 0 Å². The SMILES string of the molecule is CCC(C)C(N)C(=O)Nc1ccc(C(=O)OC)c(Cl)c1.Cl. The van der Waals surface area contributed by atoms with Crippen LogP contribution >= 0.6 is 24.0 Å².